The minimum atomic E-state index is -0.789. The Bertz CT molecular complexity index is 607. The van der Waals surface area contributed by atoms with E-state index in [0.717, 1.165) is 6.42 Å². The number of halogens is 1. The maximum Gasteiger partial charge on any atom is 0.317 e. The van der Waals surface area contributed by atoms with Gasteiger partial charge in [0.2, 0.25) is 0 Å². The van der Waals surface area contributed by atoms with Crippen LogP contribution in [0.2, 0.25) is 0 Å². The molecular formula is C17H21FN2O3. The molecule has 1 unspecified atom stereocenters. The van der Waals surface area contributed by atoms with Crippen LogP contribution in [0.3, 0.4) is 0 Å². The molecule has 1 aromatic rings. The van der Waals surface area contributed by atoms with Crippen LogP contribution in [0.25, 0.3) is 0 Å². The molecule has 3 atom stereocenters. The number of carbonyl (C=O) groups is 2. The molecule has 2 amide bonds. The number of hydrogen-bond acceptors (Lipinski definition) is 2. The van der Waals surface area contributed by atoms with E-state index in [-0.39, 0.29) is 29.7 Å². The van der Waals surface area contributed by atoms with Crippen molar-refractivity contribution in [3.63, 3.8) is 0 Å². The summed E-state index contributed by atoms with van der Waals surface area (Å²) < 4.78 is 13.8. The molecule has 0 spiro atoms. The fraction of sp³-hybridized carbons (Fsp3) is 0.529. The monoisotopic (exact) mass is 320 g/mol. The number of amides is 2. The highest BCUT2D eigenvalue weighted by Crippen LogP contribution is 2.30. The summed E-state index contributed by atoms with van der Waals surface area (Å²) in [7, 11) is 0. The Labute approximate surface area is 134 Å². The van der Waals surface area contributed by atoms with Crippen molar-refractivity contribution in [1.82, 2.24) is 10.2 Å². The van der Waals surface area contributed by atoms with Gasteiger partial charge in [-0.1, -0.05) is 18.2 Å². The van der Waals surface area contributed by atoms with Gasteiger partial charge < -0.3 is 15.3 Å². The third kappa shape index (κ3) is 3.46. The summed E-state index contributed by atoms with van der Waals surface area (Å²) in [6.45, 7) is 1.10. The lowest BCUT2D eigenvalue weighted by molar-refractivity contribution is -0.141. The van der Waals surface area contributed by atoms with Gasteiger partial charge >= 0.3 is 12.0 Å². The van der Waals surface area contributed by atoms with Crippen LogP contribution in [0.1, 0.15) is 37.2 Å². The first-order valence-corrected chi connectivity index (χ1v) is 8.07. The lowest BCUT2D eigenvalue weighted by Crippen LogP contribution is -2.43. The number of nitrogens with zero attached hydrogens (tertiary/aromatic N) is 1. The van der Waals surface area contributed by atoms with Crippen molar-refractivity contribution in [2.24, 2.45) is 5.92 Å². The molecule has 0 radical (unpaired) electrons. The third-order valence-corrected chi connectivity index (χ3v) is 4.93. The first-order chi connectivity index (χ1) is 11.0. The summed E-state index contributed by atoms with van der Waals surface area (Å²) in [5.74, 6) is -1.34. The van der Waals surface area contributed by atoms with Crippen LogP contribution in [0, 0.1) is 11.7 Å². The highest BCUT2D eigenvalue weighted by molar-refractivity contribution is 5.75. The highest BCUT2D eigenvalue weighted by atomic mass is 19.1. The molecule has 1 saturated carbocycles. The van der Waals surface area contributed by atoms with Crippen molar-refractivity contribution in [2.45, 2.75) is 37.6 Å². The molecule has 23 heavy (non-hydrogen) atoms. The number of carbonyl (C=O) groups excluding carboxylic acids is 1. The Kier molecular flexibility index (Phi) is 4.50. The molecule has 1 aromatic carbocycles. The summed E-state index contributed by atoms with van der Waals surface area (Å²) in [5, 5.41) is 11.9. The number of likely N-dealkylation sites (tertiary alicyclic amines) is 1. The maximum absolute atomic E-state index is 13.8. The Balaban J connectivity index is 1.54. The van der Waals surface area contributed by atoms with Gasteiger partial charge in [0, 0.05) is 25.0 Å². The normalized spacial score (nSPS) is 27.2. The second-order valence-corrected chi connectivity index (χ2v) is 6.45. The average Bonchev–Trinajstić information content (AvgIpc) is 3.16. The van der Waals surface area contributed by atoms with Crippen LogP contribution in [0.15, 0.2) is 24.3 Å². The molecule has 2 N–H and O–H groups in total. The van der Waals surface area contributed by atoms with Crippen LogP contribution >= 0.6 is 0 Å². The molecule has 3 rings (SSSR count). The molecule has 2 aliphatic rings. The number of hydrogen-bond donors (Lipinski definition) is 2. The molecule has 2 fully saturated rings. The molecule has 6 heteroatoms. The van der Waals surface area contributed by atoms with Crippen molar-refractivity contribution >= 4 is 12.0 Å². The van der Waals surface area contributed by atoms with Crippen molar-refractivity contribution in [3.8, 4) is 0 Å². The summed E-state index contributed by atoms with van der Waals surface area (Å²) in [5.41, 5.74) is 0.662. The fourth-order valence-corrected chi connectivity index (χ4v) is 3.61. The third-order valence-electron chi connectivity index (χ3n) is 4.93. The first kappa shape index (κ1) is 15.8. The predicted octanol–water partition coefficient (Wildman–Crippen LogP) is 2.58. The van der Waals surface area contributed by atoms with Crippen molar-refractivity contribution in [2.75, 3.05) is 13.1 Å². The van der Waals surface area contributed by atoms with E-state index in [1.54, 1.807) is 17.0 Å². The average molecular weight is 320 g/mol. The van der Waals surface area contributed by atoms with Crippen LogP contribution in [0.5, 0.6) is 0 Å². The number of rotatable bonds is 3. The molecule has 1 aliphatic heterocycles. The van der Waals surface area contributed by atoms with E-state index in [2.05, 4.69) is 5.32 Å². The van der Waals surface area contributed by atoms with Gasteiger partial charge in [-0.25, -0.2) is 9.18 Å². The van der Waals surface area contributed by atoms with Crippen molar-refractivity contribution in [1.29, 1.82) is 0 Å². The molecule has 1 heterocycles. The van der Waals surface area contributed by atoms with E-state index >= 15 is 0 Å². The van der Waals surface area contributed by atoms with Gasteiger partial charge in [-0.15, -0.1) is 0 Å². The Morgan fingerprint density at radius 2 is 2.00 bits per heavy atom. The maximum atomic E-state index is 13.8. The molecule has 0 bridgehead atoms. The minimum absolute atomic E-state index is 0.0253. The lowest BCUT2D eigenvalue weighted by atomic mass is 9.98. The van der Waals surface area contributed by atoms with Crippen molar-refractivity contribution < 1.29 is 19.1 Å². The van der Waals surface area contributed by atoms with Crippen LogP contribution in [0.4, 0.5) is 9.18 Å². The van der Waals surface area contributed by atoms with Gasteiger partial charge in [0.1, 0.15) is 5.82 Å². The topological polar surface area (TPSA) is 69.6 Å². The van der Waals surface area contributed by atoms with Gasteiger partial charge in [-0.05, 0) is 37.3 Å². The summed E-state index contributed by atoms with van der Waals surface area (Å²) in [4.78, 5) is 25.0. The van der Waals surface area contributed by atoms with Gasteiger partial charge in [0.25, 0.3) is 0 Å². The van der Waals surface area contributed by atoms with E-state index in [4.69, 9.17) is 5.11 Å². The summed E-state index contributed by atoms with van der Waals surface area (Å²) in [6, 6.07) is 6.46. The van der Waals surface area contributed by atoms with Gasteiger partial charge in [-0.2, -0.15) is 0 Å². The molecular weight excluding hydrogens is 299 g/mol. The van der Waals surface area contributed by atoms with E-state index in [1.165, 1.54) is 6.07 Å². The lowest BCUT2D eigenvalue weighted by Gasteiger charge is -2.21. The summed E-state index contributed by atoms with van der Waals surface area (Å²) in [6.07, 6.45) is 2.55. The number of aliphatic carboxylic acids is 1. The summed E-state index contributed by atoms with van der Waals surface area (Å²) >= 11 is 0. The van der Waals surface area contributed by atoms with Crippen molar-refractivity contribution in [3.05, 3.63) is 35.6 Å². The van der Waals surface area contributed by atoms with Crippen LogP contribution in [-0.2, 0) is 4.79 Å². The van der Waals surface area contributed by atoms with Gasteiger partial charge in [-0.3, -0.25) is 4.79 Å². The van der Waals surface area contributed by atoms with E-state index in [1.807, 2.05) is 6.07 Å². The largest absolute Gasteiger partial charge is 0.481 e. The van der Waals surface area contributed by atoms with E-state index in [9.17, 15) is 14.0 Å². The second-order valence-electron chi connectivity index (χ2n) is 6.45. The van der Waals surface area contributed by atoms with Crippen LogP contribution in [-0.4, -0.2) is 41.1 Å². The second kappa shape index (κ2) is 6.56. The number of carboxylic acids is 1. The molecule has 1 aliphatic carbocycles. The quantitative estimate of drug-likeness (QED) is 0.899. The zero-order chi connectivity index (χ0) is 16.4. The fourth-order valence-electron chi connectivity index (χ4n) is 3.61. The van der Waals surface area contributed by atoms with Crippen LogP contribution < -0.4 is 5.32 Å². The smallest absolute Gasteiger partial charge is 0.317 e. The number of urea groups is 1. The SMILES string of the molecule is O=C(O)[C@@H]1CC[C@H](NC(=O)N2CCC(c3ccccc3F)C2)C1. The predicted molar refractivity (Wildman–Crippen MR) is 82.6 cm³/mol. The number of carboxylic acid groups (broad SMARTS) is 1. The Morgan fingerprint density at radius 3 is 2.70 bits per heavy atom. The van der Waals surface area contributed by atoms with E-state index < -0.39 is 5.97 Å². The highest BCUT2D eigenvalue weighted by Gasteiger charge is 2.33. The van der Waals surface area contributed by atoms with Gasteiger partial charge in [0.05, 0.1) is 5.92 Å². The number of nitrogens with one attached hydrogen (secondary N) is 1. The molecule has 5 nitrogen and oxygen atoms in total. The number of benzene rings is 1. The minimum Gasteiger partial charge on any atom is -0.481 e. The Morgan fingerprint density at radius 1 is 1.22 bits per heavy atom. The molecule has 124 valence electrons. The molecule has 0 aromatic heterocycles. The molecule has 1 saturated heterocycles. The van der Waals surface area contributed by atoms with Gasteiger partial charge in [0.15, 0.2) is 0 Å². The first-order valence-electron chi connectivity index (χ1n) is 8.07. The zero-order valence-electron chi connectivity index (χ0n) is 12.9. The Hall–Kier alpha value is -2.11. The zero-order valence-corrected chi connectivity index (χ0v) is 12.9. The van der Waals surface area contributed by atoms with E-state index in [0.29, 0.717) is 37.9 Å². The standard InChI is InChI=1S/C17H21FN2O3/c18-15-4-2-1-3-14(15)12-7-8-20(10-12)17(23)19-13-6-5-11(9-13)16(21)22/h1-4,11-13H,5-10H2,(H,19,23)(H,21,22)/t11-,12?,13+/m1/s1.